The predicted octanol–water partition coefficient (Wildman–Crippen LogP) is 4.08. The molecule has 0 aliphatic rings. The summed E-state index contributed by atoms with van der Waals surface area (Å²) >= 11 is 3.30. The van der Waals surface area contributed by atoms with E-state index in [2.05, 4.69) is 27.3 Å². The number of anilines is 1. The number of ether oxygens (including phenoxy) is 1. The molecule has 0 aliphatic carbocycles. The molecule has 0 saturated heterocycles. The van der Waals surface area contributed by atoms with E-state index in [1.807, 2.05) is 0 Å². The van der Waals surface area contributed by atoms with Gasteiger partial charge in [0.15, 0.2) is 0 Å². The van der Waals surface area contributed by atoms with Crippen molar-refractivity contribution < 1.29 is 9.13 Å². The lowest BCUT2D eigenvalue weighted by Gasteiger charge is -2.12. The average molecular weight is 335 g/mol. The summed E-state index contributed by atoms with van der Waals surface area (Å²) in [7, 11) is 1.56. The summed E-state index contributed by atoms with van der Waals surface area (Å²) in [5, 5.41) is 11.9. The second kappa shape index (κ2) is 6.40. The molecule has 0 saturated carbocycles. The summed E-state index contributed by atoms with van der Waals surface area (Å²) in [4.78, 5) is 0. The van der Waals surface area contributed by atoms with Gasteiger partial charge in [-0.1, -0.05) is 6.07 Å². The van der Waals surface area contributed by atoms with Gasteiger partial charge < -0.3 is 10.1 Å². The summed E-state index contributed by atoms with van der Waals surface area (Å²) < 4.78 is 19.6. The molecule has 0 heterocycles. The van der Waals surface area contributed by atoms with Crippen molar-refractivity contribution >= 4 is 21.6 Å². The molecule has 0 spiro atoms. The van der Waals surface area contributed by atoms with E-state index >= 15 is 0 Å². The molecule has 0 amide bonds. The molecule has 2 rings (SSSR count). The minimum absolute atomic E-state index is 0.338. The lowest BCUT2D eigenvalue weighted by molar-refractivity contribution is 0.410. The van der Waals surface area contributed by atoms with Crippen LogP contribution in [0.4, 0.5) is 10.1 Å². The van der Waals surface area contributed by atoms with Crippen molar-refractivity contribution in [1.29, 1.82) is 5.26 Å². The van der Waals surface area contributed by atoms with Crippen molar-refractivity contribution in [2.24, 2.45) is 0 Å². The van der Waals surface area contributed by atoms with Gasteiger partial charge in [0.1, 0.15) is 11.6 Å². The van der Waals surface area contributed by atoms with Crippen LogP contribution in [0.1, 0.15) is 11.1 Å². The molecule has 0 aliphatic heterocycles. The molecule has 1 N–H and O–H groups in total. The van der Waals surface area contributed by atoms with E-state index in [1.165, 1.54) is 6.07 Å². The molecule has 0 fully saturated rings. The minimum atomic E-state index is -0.338. The van der Waals surface area contributed by atoms with Crippen molar-refractivity contribution in [3.63, 3.8) is 0 Å². The fraction of sp³-hybridized carbons (Fsp3) is 0.133. The third-order valence-corrected chi connectivity index (χ3v) is 3.49. The largest absolute Gasteiger partial charge is 0.496 e. The van der Waals surface area contributed by atoms with Gasteiger partial charge in [-0.3, -0.25) is 0 Å². The van der Waals surface area contributed by atoms with Crippen molar-refractivity contribution in [2.45, 2.75) is 6.54 Å². The van der Waals surface area contributed by atoms with Crippen LogP contribution in [-0.2, 0) is 6.54 Å². The van der Waals surface area contributed by atoms with E-state index in [1.54, 1.807) is 37.4 Å². The zero-order valence-electron chi connectivity index (χ0n) is 10.8. The Bertz CT molecular complexity index is 647. The van der Waals surface area contributed by atoms with E-state index in [0.29, 0.717) is 28.0 Å². The van der Waals surface area contributed by atoms with Crippen molar-refractivity contribution in [3.8, 4) is 11.8 Å². The van der Waals surface area contributed by atoms with Crippen LogP contribution in [0, 0.1) is 17.1 Å². The number of para-hydroxylation sites is 1. The number of rotatable bonds is 4. The molecule has 0 atom stereocenters. The number of halogens is 2. The zero-order chi connectivity index (χ0) is 14.5. The average Bonchev–Trinajstić information content (AvgIpc) is 2.46. The summed E-state index contributed by atoms with van der Waals surface area (Å²) in [5.41, 5.74) is 1.72. The van der Waals surface area contributed by atoms with E-state index in [4.69, 9.17) is 10.00 Å². The van der Waals surface area contributed by atoms with Gasteiger partial charge in [-0.25, -0.2) is 4.39 Å². The first-order valence-corrected chi connectivity index (χ1v) is 6.70. The van der Waals surface area contributed by atoms with Crippen LogP contribution in [-0.4, -0.2) is 7.11 Å². The van der Waals surface area contributed by atoms with E-state index < -0.39 is 0 Å². The maximum Gasteiger partial charge on any atom is 0.147 e. The molecule has 5 heteroatoms. The van der Waals surface area contributed by atoms with Crippen molar-refractivity contribution in [2.75, 3.05) is 12.4 Å². The van der Waals surface area contributed by atoms with Crippen molar-refractivity contribution in [1.82, 2.24) is 0 Å². The highest BCUT2D eigenvalue weighted by Crippen LogP contribution is 2.27. The van der Waals surface area contributed by atoms with Crippen molar-refractivity contribution in [3.05, 3.63) is 57.8 Å². The van der Waals surface area contributed by atoms with Gasteiger partial charge in [0.25, 0.3) is 0 Å². The SMILES string of the molecule is COc1ccc(C#N)cc1CNc1c(F)cccc1Br. The Morgan fingerprint density at radius 2 is 2.15 bits per heavy atom. The molecular weight excluding hydrogens is 323 g/mol. The number of hydrogen-bond donors (Lipinski definition) is 1. The fourth-order valence-corrected chi connectivity index (χ4v) is 2.32. The van der Waals surface area contributed by atoms with Crippen LogP contribution in [0.25, 0.3) is 0 Å². The number of benzene rings is 2. The van der Waals surface area contributed by atoms with E-state index in [-0.39, 0.29) is 5.82 Å². The third-order valence-electron chi connectivity index (χ3n) is 2.83. The molecule has 20 heavy (non-hydrogen) atoms. The number of nitrogens with zero attached hydrogens (tertiary/aromatic N) is 1. The molecule has 2 aromatic carbocycles. The first kappa shape index (κ1) is 14.4. The smallest absolute Gasteiger partial charge is 0.147 e. The lowest BCUT2D eigenvalue weighted by Crippen LogP contribution is -2.04. The van der Waals surface area contributed by atoms with Gasteiger partial charge >= 0.3 is 0 Å². The Kier molecular flexibility index (Phi) is 4.59. The molecule has 2 aromatic rings. The maximum atomic E-state index is 13.7. The Hall–Kier alpha value is -2.06. The summed E-state index contributed by atoms with van der Waals surface area (Å²) in [6.45, 7) is 0.359. The Morgan fingerprint density at radius 3 is 2.80 bits per heavy atom. The molecule has 0 aromatic heterocycles. The summed E-state index contributed by atoms with van der Waals surface area (Å²) in [6.07, 6.45) is 0. The van der Waals surface area contributed by atoms with Gasteiger partial charge in [0.2, 0.25) is 0 Å². The van der Waals surface area contributed by atoms with Gasteiger partial charge in [-0.2, -0.15) is 5.26 Å². The lowest BCUT2D eigenvalue weighted by atomic mass is 10.1. The summed E-state index contributed by atoms with van der Waals surface area (Å²) in [6, 6.07) is 12.0. The van der Waals surface area contributed by atoms with Gasteiger partial charge in [-0.05, 0) is 46.3 Å². The molecule has 3 nitrogen and oxygen atoms in total. The quantitative estimate of drug-likeness (QED) is 0.916. The zero-order valence-corrected chi connectivity index (χ0v) is 12.4. The Labute approximate surface area is 125 Å². The molecule has 0 radical (unpaired) electrons. The number of nitrogens with one attached hydrogen (secondary N) is 1. The van der Waals surface area contributed by atoms with Gasteiger partial charge in [-0.15, -0.1) is 0 Å². The first-order valence-electron chi connectivity index (χ1n) is 5.90. The van der Waals surface area contributed by atoms with E-state index in [9.17, 15) is 4.39 Å². The van der Waals surface area contributed by atoms with Gasteiger partial charge in [0, 0.05) is 16.6 Å². The molecule has 102 valence electrons. The van der Waals surface area contributed by atoms with Gasteiger partial charge in [0.05, 0.1) is 24.4 Å². The number of nitriles is 1. The molecular formula is C15H12BrFN2O. The van der Waals surface area contributed by atoms with Crippen LogP contribution < -0.4 is 10.1 Å². The second-order valence-electron chi connectivity index (χ2n) is 4.09. The molecule has 0 bridgehead atoms. The fourth-order valence-electron chi connectivity index (χ4n) is 1.84. The van der Waals surface area contributed by atoms with E-state index in [0.717, 1.165) is 5.56 Å². The van der Waals surface area contributed by atoms with Crippen LogP contribution in [0.15, 0.2) is 40.9 Å². The predicted molar refractivity (Wildman–Crippen MR) is 79.1 cm³/mol. The normalized spacial score (nSPS) is 9.90. The summed E-state index contributed by atoms with van der Waals surface area (Å²) in [5.74, 6) is 0.318. The first-order chi connectivity index (χ1) is 9.65. The number of methoxy groups -OCH3 is 1. The second-order valence-corrected chi connectivity index (χ2v) is 4.94. The minimum Gasteiger partial charge on any atom is -0.496 e. The Balaban J connectivity index is 2.25. The Morgan fingerprint density at radius 1 is 1.35 bits per heavy atom. The van der Waals surface area contributed by atoms with Crippen LogP contribution >= 0.6 is 15.9 Å². The van der Waals surface area contributed by atoms with Crippen LogP contribution in [0.3, 0.4) is 0 Å². The number of hydrogen-bond acceptors (Lipinski definition) is 3. The third kappa shape index (κ3) is 3.09. The van der Waals surface area contributed by atoms with Crippen LogP contribution in [0.5, 0.6) is 5.75 Å². The highest BCUT2D eigenvalue weighted by atomic mass is 79.9. The highest BCUT2D eigenvalue weighted by Gasteiger charge is 2.09. The molecule has 0 unspecified atom stereocenters. The monoisotopic (exact) mass is 334 g/mol. The highest BCUT2D eigenvalue weighted by molar-refractivity contribution is 9.10. The van der Waals surface area contributed by atoms with Crippen LogP contribution in [0.2, 0.25) is 0 Å². The standard InChI is InChI=1S/C15H12BrFN2O/c1-20-14-6-5-10(8-18)7-11(14)9-19-15-12(16)3-2-4-13(15)17/h2-7,19H,9H2,1H3. The maximum absolute atomic E-state index is 13.7. The topological polar surface area (TPSA) is 45.0 Å².